The van der Waals surface area contributed by atoms with Crippen LogP contribution < -0.4 is 14.8 Å². The molecule has 1 amide bonds. The van der Waals surface area contributed by atoms with E-state index >= 15 is 0 Å². The third-order valence-electron chi connectivity index (χ3n) is 4.05. The number of nitrogens with zero attached hydrogens (tertiary/aromatic N) is 2. The van der Waals surface area contributed by atoms with E-state index in [1.54, 1.807) is 6.20 Å². The number of carbonyl (C=O) groups is 1. The molecule has 1 aliphatic rings. The molecule has 0 fully saturated rings. The van der Waals surface area contributed by atoms with Crippen LogP contribution in [0.15, 0.2) is 48.0 Å². The summed E-state index contributed by atoms with van der Waals surface area (Å²) in [4.78, 5) is 21.1. The Morgan fingerprint density at radius 2 is 2.15 bits per heavy atom. The zero-order valence-electron chi connectivity index (χ0n) is 14.1. The van der Waals surface area contributed by atoms with Gasteiger partial charge in [0.05, 0.1) is 23.9 Å². The summed E-state index contributed by atoms with van der Waals surface area (Å²) in [6.07, 6.45) is 1.97. The topological polar surface area (TPSA) is 73.3 Å². The highest BCUT2D eigenvalue weighted by Crippen LogP contribution is 2.34. The van der Waals surface area contributed by atoms with Gasteiger partial charge in [0.25, 0.3) is 0 Å². The Hall–Kier alpha value is -2.93. The van der Waals surface area contributed by atoms with E-state index in [0.717, 1.165) is 27.7 Å². The van der Waals surface area contributed by atoms with Crippen LogP contribution in [0.2, 0.25) is 0 Å². The number of carbonyl (C=O) groups excluding carboxylic acids is 1. The van der Waals surface area contributed by atoms with Gasteiger partial charge in [-0.3, -0.25) is 9.78 Å². The van der Waals surface area contributed by atoms with Crippen molar-refractivity contribution in [1.29, 1.82) is 0 Å². The van der Waals surface area contributed by atoms with Crippen molar-refractivity contribution >= 4 is 17.2 Å². The lowest BCUT2D eigenvalue weighted by Gasteiger charge is -2.14. The number of amides is 1. The fourth-order valence-electron chi connectivity index (χ4n) is 2.72. The molecule has 7 heteroatoms. The third kappa shape index (κ3) is 3.52. The molecule has 0 spiro atoms. The Kier molecular flexibility index (Phi) is 4.53. The predicted molar refractivity (Wildman–Crippen MR) is 98.2 cm³/mol. The Bertz CT molecular complexity index is 927. The maximum absolute atomic E-state index is 12.4. The number of hydrogen-bond donors (Lipinski definition) is 1. The SMILES string of the molecule is C[C@H](NC(=O)Cc1csc(-c2ccccn2)n1)c1ccc2c(c1)OCO2. The van der Waals surface area contributed by atoms with Gasteiger partial charge < -0.3 is 14.8 Å². The summed E-state index contributed by atoms with van der Waals surface area (Å²) in [5, 5.41) is 5.71. The predicted octanol–water partition coefficient (Wildman–Crippen LogP) is 3.35. The smallest absolute Gasteiger partial charge is 0.231 e. The highest BCUT2D eigenvalue weighted by atomic mass is 32.1. The number of nitrogens with one attached hydrogen (secondary N) is 1. The van der Waals surface area contributed by atoms with Crippen molar-refractivity contribution in [3.05, 3.63) is 59.2 Å². The Morgan fingerprint density at radius 1 is 1.27 bits per heavy atom. The number of thiazole rings is 1. The molecule has 3 aromatic rings. The first-order chi connectivity index (χ1) is 12.7. The van der Waals surface area contributed by atoms with E-state index in [2.05, 4.69) is 15.3 Å². The number of pyridine rings is 1. The minimum absolute atomic E-state index is 0.0759. The van der Waals surface area contributed by atoms with E-state index in [0.29, 0.717) is 5.75 Å². The van der Waals surface area contributed by atoms with Gasteiger partial charge >= 0.3 is 0 Å². The van der Waals surface area contributed by atoms with Crippen LogP contribution >= 0.6 is 11.3 Å². The molecule has 3 heterocycles. The van der Waals surface area contributed by atoms with Crippen molar-refractivity contribution in [3.8, 4) is 22.2 Å². The van der Waals surface area contributed by atoms with Crippen molar-refractivity contribution in [2.45, 2.75) is 19.4 Å². The van der Waals surface area contributed by atoms with Crippen molar-refractivity contribution in [1.82, 2.24) is 15.3 Å². The van der Waals surface area contributed by atoms with Crippen molar-refractivity contribution in [2.24, 2.45) is 0 Å². The van der Waals surface area contributed by atoms with Crippen molar-refractivity contribution in [2.75, 3.05) is 6.79 Å². The number of fused-ring (bicyclic) bond motifs is 1. The normalized spacial score (nSPS) is 13.4. The molecular weight excluding hydrogens is 350 g/mol. The molecule has 1 N–H and O–H groups in total. The van der Waals surface area contributed by atoms with E-state index in [1.165, 1.54) is 11.3 Å². The highest BCUT2D eigenvalue weighted by molar-refractivity contribution is 7.13. The minimum Gasteiger partial charge on any atom is -0.454 e. The molecular formula is C19H17N3O3S. The third-order valence-corrected chi connectivity index (χ3v) is 4.97. The van der Waals surface area contributed by atoms with Gasteiger partial charge in [-0.2, -0.15) is 0 Å². The lowest BCUT2D eigenvalue weighted by molar-refractivity contribution is -0.121. The lowest BCUT2D eigenvalue weighted by Crippen LogP contribution is -2.28. The van der Waals surface area contributed by atoms with Gasteiger partial charge in [0.2, 0.25) is 12.7 Å². The van der Waals surface area contributed by atoms with E-state index < -0.39 is 0 Å². The molecule has 0 saturated heterocycles. The second kappa shape index (κ2) is 7.13. The first-order valence-electron chi connectivity index (χ1n) is 8.24. The molecule has 0 saturated carbocycles. The number of benzene rings is 1. The zero-order chi connectivity index (χ0) is 17.9. The molecule has 4 rings (SSSR count). The van der Waals surface area contributed by atoms with Crippen LogP contribution in [0.4, 0.5) is 0 Å². The summed E-state index contributed by atoms with van der Waals surface area (Å²) in [6, 6.07) is 11.2. The van der Waals surface area contributed by atoms with Crippen LogP contribution in [0.5, 0.6) is 11.5 Å². The van der Waals surface area contributed by atoms with Gasteiger partial charge in [-0.15, -0.1) is 11.3 Å². The molecule has 2 aromatic heterocycles. The van der Waals surface area contributed by atoms with Gasteiger partial charge in [0, 0.05) is 11.6 Å². The molecule has 1 atom stereocenters. The summed E-state index contributed by atoms with van der Waals surface area (Å²) in [5.74, 6) is 1.37. The Morgan fingerprint density at radius 3 is 3.00 bits per heavy atom. The summed E-state index contributed by atoms with van der Waals surface area (Å²) < 4.78 is 10.7. The summed E-state index contributed by atoms with van der Waals surface area (Å²) in [5.41, 5.74) is 2.53. The average molecular weight is 367 g/mol. The molecule has 1 aromatic carbocycles. The van der Waals surface area contributed by atoms with Gasteiger partial charge in [-0.05, 0) is 36.8 Å². The van der Waals surface area contributed by atoms with Gasteiger partial charge in [-0.1, -0.05) is 12.1 Å². The standard InChI is InChI=1S/C19H17N3O3S/c1-12(13-5-6-16-17(8-13)25-11-24-16)21-18(23)9-14-10-26-19(22-14)15-4-2-3-7-20-15/h2-8,10,12H,9,11H2,1H3,(H,21,23)/t12-/m0/s1. The first-order valence-corrected chi connectivity index (χ1v) is 9.12. The molecule has 0 unspecified atom stereocenters. The molecule has 6 nitrogen and oxygen atoms in total. The molecule has 0 radical (unpaired) electrons. The van der Waals surface area contributed by atoms with Crippen LogP contribution in [0.3, 0.4) is 0 Å². The van der Waals surface area contributed by atoms with Crippen LogP contribution in [0, 0.1) is 0 Å². The second-order valence-electron chi connectivity index (χ2n) is 5.94. The number of hydrogen-bond acceptors (Lipinski definition) is 6. The number of rotatable bonds is 5. The summed E-state index contributed by atoms with van der Waals surface area (Å²) in [6.45, 7) is 2.18. The van der Waals surface area contributed by atoms with Crippen LogP contribution in [-0.4, -0.2) is 22.7 Å². The van der Waals surface area contributed by atoms with Gasteiger partial charge in [-0.25, -0.2) is 4.98 Å². The first kappa shape index (κ1) is 16.5. The number of ether oxygens (including phenoxy) is 2. The maximum atomic E-state index is 12.4. The average Bonchev–Trinajstić information content (AvgIpc) is 3.30. The van der Waals surface area contributed by atoms with Crippen molar-refractivity contribution in [3.63, 3.8) is 0 Å². The van der Waals surface area contributed by atoms with Gasteiger partial charge in [0.15, 0.2) is 11.5 Å². The highest BCUT2D eigenvalue weighted by Gasteiger charge is 2.17. The van der Waals surface area contributed by atoms with E-state index in [4.69, 9.17) is 9.47 Å². The van der Waals surface area contributed by atoms with Gasteiger partial charge in [0.1, 0.15) is 5.01 Å². The molecule has 0 bridgehead atoms. The monoisotopic (exact) mass is 367 g/mol. The maximum Gasteiger partial charge on any atom is 0.231 e. The van der Waals surface area contributed by atoms with Crippen LogP contribution in [-0.2, 0) is 11.2 Å². The Balaban J connectivity index is 1.39. The summed E-state index contributed by atoms with van der Waals surface area (Å²) in [7, 11) is 0. The van der Waals surface area contributed by atoms with E-state index in [1.807, 2.05) is 48.7 Å². The molecule has 1 aliphatic heterocycles. The largest absolute Gasteiger partial charge is 0.454 e. The van der Waals surface area contributed by atoms with Crippen LogP contribution in [0.25, 0.3) is 10.7 Å². The fourth-order valence-corrected chi connectivity index (χ4v) is 3.51. The Labute approximate surface area is 154 Å². The second-order valence-corrected chi connectivity index (χ2v) is 6.80. The minimum atomic E-state index is -0.133. The zero-order valence-corrected chi connectivity index (χ0v) is 15.0. The lowest BCUT2D eigenvalue weighted by atomic mass is 10.1. The summed E-state index contributed by atoms with van der Waals surface area (Å²) >= 11 is 1.49. The quantitative estimate of drug-likeness (QED) is 0.749. The van der Waals surface area contributed by atoms with E-state index in [9.17, 15) is 4.79 Å². The molecule has 0 aliphatic carbocycles. The fraction of sp³-hybridized carbons (Fsp3) is 0.211. The van der Waals surface area contributed by atoms with Crippen molar-refractivity contribution < 1.29 is 14.3 Å². The molecule has 132 valence electrons. The number of aromatic nitrogens is 2. The molecule has 26 heavy (non-hydrogen) atoms. The van der Waals surface area contributed by atoms with Crippen LogP contribution in [0.1, 0.15) is 24.2 Å². The van der Waals surface area contributed by atoms with E-state index in [-0.39, 0.29) is 25.2 Å².